The minimum absolute atomic E-state index is 0.672. The van der Waals surface area contributed by atoms with Crippen molar-refractivity contribution in [3.05, 3.63) is 29.3 Å². The number of carboxylic acids is 1. The fourth-order valence-corrected chi connectivity index (χ4v) is 2.16. The minimum Gasteiger partial charge on any atom is -0.497 e. The highest BCUT2D eigenvalue weighted by Gasteiger charge is 2.02. The van der Waals surface area contributed by atoms with E-state index in [0.717, 1.165) is 22.0 Å². The van der Waals surface area contributed by atoms with E-state index in [9.17, 15) is 4.79 Å². The molecule has 0 atom stereocenters. The highest BCUT2D eigenvalue weighted by molar-refractivity contribution is 7.19. The van der Waals surface area contributed by atoms with Crippen LogP contribution in [-0.4, -0.2) is 23.2 Å². The average Bonchev–Trinajstić information content (AvgIpc) is 2.67. The Balaban J connectivity index is 2.40. The number of hydrogen-bond donors (Lipinski definition) is 1. The molecule has 0 fully saturated rings. The Hall–Kier alpha value is -1.88. The molecule has 0 unspecified atom stereocenters. The Morgan fingerprint density at radius 3 is 3.06 bits per heavy atom. The van der Waals surface area contributed by atoms with E-state index >= 15 is 0 Å². The maximum absolute atomic E-state index is 10.4. The third-order valence-corrected chi connectivity index (χ3v) is 2.96. The van der Waals surface area contributed by atoms with Crippen LogP contribution in [0.4, 0.5) is 0 Å². The quantitative estimate of drug-likeness (QED) is 0.830. The van der Waals surface area contributed by atoms with Gasteiger partial charge in [-0.3, -0.25) is 0 Å². The summed E-state index contributed by atoms with van der Waals surface area (Å²) >= 11 is 1.43. The number of ether oxygens (including phenoxy) is 1. The molecule has 1 aromatic heterocycles. The Morgan fingerprint density at radius 1 is 1.56 bits per heavy atom. The zero-order chi connectivity index (χ0) is 11.5. The fourth-order valence-electron chi connectivity index (χ4n) is 1.26. The van der Waals surface area contributed by atoms with Gasteiger partial charge >= 0.3 is 5.97 Å². The van der Waals surface area contributed by atoms with Gasteiger partial charge in [0.25, 0.3) is 0 Å². The molecular formula is C11H9NO3S. The molecule has 1 N–H and O–H groups in total. The maximum Gasteiger partial charge on any atom is 0.328 e. The van der Waals surface area contributed by atoms with E-state index in [1.165, 1.54) is 17.4 Å². The summed E-state index contributed by atoms with van der Waals surface area (Å²) in [6.07, 6.45) is 2.56. The van der Waals surface area contributed by atoms with Crippen molar-refractivity contribution in [2.75, 3.05) is 7.11 Å². The standard InChI is InChI=1S/C11H9NO3S/c1-15-7-2-3-8-9(6-7)16-10(12-8)4-5-11(13)14/h2-6H,1H3,(H,13,14). The second kappa shape index (κ2) is 4.32. The first-order valence-electron chi connectivity index (χ1n) is 4.54. The molecule has 0 aliphatic heterocycles. The summed E-state index contributed by atoms with van der Waals surface area (Å²) < 4.78 is 6.07. The third kappa shape index (κ3) is 2.20. The van der Waals surface area contributed by atoms with Crippen molar-refractivity contribution < 1.29 is 14.6 Å². The number of carbonyl (C=O) groups is 1. The molecule has 5 heteroatoms. The first kappa shape index (κ1) is 10.6. The van der Waals surface area contributed by atoms with Gasteiger partial charge in [0.1, 0.15) is 10.8 Å². The molecule has 0 saturated carbocycles. The molecule has 0 spiro atoms. The third-order valence-electron chi connectivity index (χ3n) is 1.98. The molecule has 2 rings (SSSR count). The van der Waals surface area contributed by atoms with Crippen LogP contribution in [0.5, 0.6) is 5.75 Å². The van der Waals surface area contributed by atoms with Crippen LogP contribution in [0.1, 0.15) is 5.01 Å². The SMILES string of the molecule is COc1ccc2nc(C=CC(=O)O)sc2c1. The molecule has 0 bridgehead atoms. The van der Waals surface area contributed by atoms with Gasteiger partial charge in [-0.2, -0.15) is 0 Å². The molecule has 1 heterocycles. The summed E-state index contributed by atoms with van der Waals surface area (Å²) in [5.41, 5.74) is 0.843. The molecule has 4 nitrogen and oxygen atoms in total. The zero-order valence-electron chi connectivity index (χ0n) is 8.51. The Labute approximate surface area is 95.8 Å². The van der Waals surface area contributed by atoms with Gasteiger partial charge in [0.2, 0.25) is 0 Å². The van der Waals surface area contributed by atoms with Crippen molar-refractivity contribution >= 4 is 33.6 Å². The average molecular weight is 235 g/mol. The van der Waals surface area contributed by atoms with Crippen LogP contribution in [0, 0.1) is 0 Å². The molecule has 1 aromatic carbocycles. The predicted octanol–water partition coefficient (Wildman–Crippen LogP) is 2.40. The van der Waals surface area contributed by atoms with Crippen molar-refractivity contribution in [3.63, 3.8) is 0 Å². The van der Waals surface area contributed by atoms with E-state index in [1.54, 1.807) is 7.11 Å². The second-order valence-corrected chi connectivity index (χ2v) is 4.12. The lowest BCUT2D eigenvalue weighted by molar-refractivity contribution is -0.131. The van der Waals surface area contributed by atoms with Gasteiger partial charge in [0.05, 0.1) is 17.3 Å². The Bertz CT molecular complexity index is 559. The molecule has 16 heavy (non-hydrogen) atoms. The number of aliphatic carboxylic acids is 1. The van der Waals surface area contributed by atoms with Gasteiger partial charge in [-0.25, -0.2) is 9.78 Å². The van der Waals surface area contributed by atoms with Gasteiger partial charge in [-0.1, -0.05) is 0 Å². The van der Waals surface area contributed by atoms with Crippen LogP contribution in [0.25, 0.3) is 16.3 Å². The number of thiazole rings is 1. The zero-order valence-corrected chi connectivity index (χ0v) is 9.32. The van der Waals surface area contributed by atoms with E-state index in [-0.39, 0.29) is 0 Å². The van der Waals surface area contributed by atoms with Crippen molar-refractivity contribution in [2.24, 2.45) is 0 Å². The smallest absolute Gasteiger partial charge is 0.328 e. The van der Waals surface area contributed by atoms with Crippen LogP contribution < -0.4 is 4.74 Å². The van der Waals surface area contributed by atoms with Crippen molar-refractivity contribution in [1.29, 1.82) is 0 Å². The van der Waals surface area contributed by atoms with E-state index in [4.69, 9.17) is 9.84 Å². The van der Waals surface area contributed by atoms with Crippen molar-refractivity contribution in [2.45, 2.75) is 0 Å². The molecule has 0 radical (unpaired) electrons. The van der Waals surface area contributed by atoms with Crippen LogP contribution in [0.2, 0.25) is 0 Å². The van der Waals surface area contributed by atoms with Crippen LogP contribution in [0.15, 0.2) is 24.3 Å². The number of nitrogens with zero attached hydrogens (tertiary/aromatic N) is 1. The molecular weight excluding hydrogens is 226 g/mol. The molecule has 82 valence electrons. The second-order valence-electron chi connectivity index (χ2n) is 3.06. The normalized spacial score (nSPS) is 11.1. The summed E-state index contributed by atoms with van der Waals surface area (Å²) in [5, 5.41) is 9.17. The number of hydrogen-bond acceptors (Lipinski definition) is 4. The number of carboxylic acid groups (broad SMARTS) is 1. The lowest BCUT2D eigenvalue weighted by atomic mass is 10.3. The van der Waals surface area contributed by atoms with E-state index in [1.807, 2.05) is 18.2 Å². The fraction of sp³-hybridized carbons (Fsp3) is 0.0909. The molecule has 0 saturated heterocycles. The number of aromatic nitrogens is 1. The first-order valence-corrected chi connectivity index (χ1v) is 5.36. The largest absolute Gasteiger partial charge is 0.497 e. The minimum atomic E-state index is -0.975. The van der Waals surface area contributed by atoms with Gasteiger partial charge in [0.15, 0.2) is 0 Å². The number of methoxy groups -OCH3 is 1. The predicted molar refractivity (Wildman–Crippen MR) is 62.8 cm³/mol. The number of fused-ring (bicyclic) bond motifs is 1. The molecule has 0 aliphatic carbocycles. The van der Waals surface area contributed by atoms with E-state index in [2.05, 4.69) is 4.98 Å². The first-order chi connectivity index (χ1) is 7.69. The lowest BCUT2D eigenvalue weighted by Crippen LogP contribution is -1.84. The van der Waals surface area contributed by atoms with Crippen molar-refractivity contribution in [3.8, 4) is 5.75 Å². The van der Waals surface area contributed by atoms with Gasteiger partial charge in [-0.05, 0) is 24.3 Å². The van der Waals surface area contributed by atoms with E-state index in [0.29, 0.717) is 5.01 Å². The van der Waals surface area contributed by atoms with Crippen LogP contribution in [0.3, 0.4) is 0 Å². The van der Waals surface area contributed by atoms with Gasteiger partial charge in [0, 0.05) is 6.08 Å². The van der Waals surface area contributed by atoms with Crippen LogP contribution >= 0.6 is 11.3 Å². The highest BCUT2D eigenvalue weighted by Crippen LogP contribution is 2.26. The summed E-state index contributed by atoms with van der Waals surface area (Å²) in [6.45, 7) is 0. The van der Waals surface area contributed by atoms with E-state index < -0.39 is 5.97 Å². The maximum atomic E-state index is 10.4. The molecule has 0 aliphatic rings. The van der Waals surface area contributed by atoms with Crippen LogP contribution in [-0.2, 0) is 4.79 Å². The molecule has 0 amide bonds. The lowest BCUT2D eigenvalue weighted by Gasteiger charge is -1.96. The molecule has 2 aromatic rings. The summed E-state index contributed by atoms with van der Waals surface area (Å²) in [4.78, 5) is 14.6. The monoisotopic (exact) mass is 235 g/mol. The van der Waals surface area contributed by atoms with Gasteiger partial charge in [-0.15, -0.1) is 11.3 Å². The highest BCUT2D eigenvalue weighted by atomic mass is 32.1. The number of rotatable bonds is 3. The van der Waals surface area contributed by atoms with Crippen molar-refractivity contribution in [1.82, 2.24) is 4.98 Å². The topological polar surface area (TPSA) is 59.4 Å². The Morgan fingerprint density at radius 2 is 2.38 bits per heavy atom. The number of benzene rings is 1. The summed E-state index contributed by atoms with van der Waals surface area (Å²) in [7, 11) is 1.60. The Kier molecular flexibility index (Phi) is 2.87. The summed E-state index contributed by atoms with van der Waals surface area (Å²) in [6, 6.07) is 5.56. The van der Waals surface area contributed by atoms with Gasteiger partial charge < -0.3 is 9.84 Å². The summed E-state index contributed by atoms with van der Waals surface area (Å²) in [5.74, 6) is -0.207.